The number of pyridine rings is 1. The van der Waals surface area contributed by atoms with Crippen molar-refractivity contribution in [2.75, 3.05) is 10.6 Å². The summed E-state index contributed by atoms with van der Waals surface area (Å²) >= 11 is 5.96. The maximum atomic E-state index is 5.96. The van der Waals surface area contributed by atoms with Crippen LogP contribution in [0.4, 0.5) is 11.9 Å². The number of aromatic nitrogens is 4. The van der Waals surface area contributed by atoms with Crippen LogP contribution in [0.25, 0.3) is 11.5 Å². The van der Waals surface area contributed by atoms with E-state index in [4.69, 9.17) is 11.6 Å². The summed E-state index contributed by atoms with van der Waals surface area (Å²) in [6, 6.07) is 5.43. The van der Waals surface area contributed by atoms with Crippen molar-refractivity contribution in [3.8, 4) is 11.5 Å². The summed E-state index contributed by atoms with van der Waals surface area (Å²) in [5.41, 5.74) is 1.28. The summed E-state index contributed by atoms with van der Waals surface area (Å²) in [4.78, 5) is 24.9. The maximum absolute atomic E-state index is 5.96. The normalized spacial score (nSPS) is 11.8. The molecule has 0 bridgehead atoms. The number of halogens is 1. The highest BCUT2D eigenvalue weighted by molar-refractivity contribution is 6.29. The molecule has 0 spiro atoms. The average molecular weight is 359 g/mol. The number of hydrogen-bond donors (Lipinski definition) is 2. The molecule has 130 valence electrons. The monoisotopic (exact) mass is 358 g/mol. The van der Waals surface area contributed by atoms with Gasteiger partial charge >= 0.3 is 0 Å². The molecule has 9 heteroatoms. The van der Waals surface area contributed by atoms with E-state index in [1.165, 1.54) is 6.34 Å². The average Bonchev–Trinajstić information content (AvgIpc) is 2.54. The molecule has 0 aliphatic carbocycles. The lowest BCUT2D eigenvalue weighted by atomic mass is 10.3. The van der Waals surface area contributed by atoms with Crippen LogP contribution in [0.3, 0.4) is 0 Å². The molecule has 0 aromatic carbocycles. The van der Waals surface area contributed by atoms with E-state index in [1.54, 1.807) is 24.4 Å². The molecule has 2 rings (SSSR count). The molecule has 0 radical (unpaired) electrons. The number of aliphatic imine (C=N–C) groups is 2. The first-order valence-electron chi connectivity index (χ1n) is 7.54. The van der Waals surface area contributed by atoms with Gasteiger partial charge in [0.25, 0.3) is 0 Å². The highest BCUT2D eigenvalue weighted by atomic mass is 35.5. The summed E-state index contributed by atoms with van der Waals surface area (Å²) in [6.07, 6.45) is 2.93. The molecule has 0 atom stereocenters. The Hall–Kier alpha value is -2.87. The van der Waals surface area contributed by atoms with Crippen LogP contribution in [0, 0.1) is 0 Å². The van der Waals surface area contributed by atoms with E-state index in [2.05, 4.69) is 47.3 Å². The van der Waals surface area contributed by atoms with Crippen LogP contribution in [0.1, 0.15) is 20.8 Å². The zero-order chi connectivity index (χ0) is 18.2. The summed E-state index contributed by atoms with van der Waals surface area (Å²) in [5, 5.41) is 6.59. The van der Waals surface area contributed by atoms with Crippen molar-refractivity contribution in [1.29, 1.82) is 0 Å². The van der Waals surface area contributed by atoms with Crippen LogP contribution in [-0.2, 0) is 0 Å². The molecule has 0 aliphatic rings. The summed E-state index contributed by atoms with van der Waals surface area (Å²) in [5.74, 6) is 1.21. The second-order valence-corrected chi connectivity index (χ2v) is 5.72. The Labute approximate surface area is 151 Å². The molecule has 0 aliphatic heterocycles. The van der Waals surface area contributed by atoms with Crippen molar-refractivity contribution in [2.24, 2.45) is 9.98 Å². The molecular formula is C16H19ClN8. The third-order valence-corrected chi connectivity index (χ3v) is 2.93. The van der Waals surface area contributed by atoms with E-state index in [-0.39, 0.29) is 6.04 Å². The molecule has 25 heavy (non-hydrogen) atoms. The van der Waals surface area contributed by atoms with Gasteiger partial charge in [0.1, 0.15) is 17.2 Å². The van der Waals surface area contributed by atoms with Gasteiger partial charge in [-0.2, -0.15) is 15.0 Å². The number of nitrogens with one attached hydrogen (secondary N) is 2. The zero-order valence-corrected chi connectivity index (χ0v) is 15.0. The zero-order valence-electron chi connectivity index (χ0n) is 14.2. The highest BCUT2D eigenvalue weighted by Gasteiger charge is 2.11. The van der Waals surface area contributed by atoms with Gasteiger partial charge in [0, 0.05) is 17.9 Å². The van der Waals surface area contributed by atoms with Crippen LogP contribution < -0.4 is 10.6 Å². The first kappa shape index (κ1) is 18.5. The van der Waals surface area contributed by atoms with Gasteiger partial charge in [-0.15, -0.1) is 0 Å². The third kappa shape index (κ3) is 5.92. The Morgan fingerprint density at radius 3 is 2.64 bits per heavy atom. The minimum Gasteiger partial charge on any atom is -0.352 e. The van der Waals surface area contributed by atoms with Crippen molar-refractivity contribution in [3.63, 3.8) is 0 Å². The summed E-state index contributed by atoms with van der Waals surface area (Å²) in [7, 11) is 0. The minimum atomic E-state index is 0.162. The van der Waals surface area contributed by atoms with Gasteiger partial charge in [0.2, 0.25) is 11.9 Å². The van der Waals surface area contributed by atoms with Crippen molar-refractivity contribution >= 4 is 36.6 Å². The van der Waals surface area contributed by atoms with Crippen LogP contribution in [0.5, 0.6) is 0 Å². The second kappa shape index (κ2) is 8.84. The molecule has 0 saturated heterocycles. The molecule has 2 aromatic heterocycles. The van der Waals surface area contributed by atoms with Crippen LogP contribution >= 0.6 is 11.6 Å². The first-order chi connectivity index (χ1) is 12.0. The van der Waals surface area contributed by atoms with E-state index in [9.17, 15) is 0 Å². The third-order valence-electron chi connectivity index (χ3n) is 2.72. The van der Waals surface area contributed by atoms with Gasteiger partial charge in [0.05, 0.1) is 0 Å². The lowest BCUT2D eigenvalue weighted by molar-refractivity contribution is 0.868. The molecule has 2 N–H and O–H groups in total. The van der Waals surface area contributed by atoms with E-state index in [0.717, 1.165) is 5.70 Å². The van der Waals surface area contributed by atoms with Crippen LogP contribution in [0.15, 0.2) is 40.1 Å². The Morgan fingerprint density at radius 2 is 1.96 bits per heavy atom. The Kier molecular flexibility index (Phi) is 6.53. The predicted molar refractivity (Wildman–Crippen MR) is 102 cm³/mol. The van der Waals surface area contributed by atoms with E-state index < -0.39 is 0 Å². The smallest absolute Gasteiger partial charge is 0.232 e. The molecule has 2 aromatic rings. The Bertz CT molecular complexity index is 800. The van der Waals surface area contributed by atoms with Gasteiger partial charge in [-0.25, -0.2) is 9.98 Å². The molecule has 0 amide bonds. The van der Waals surface area contributed by atoms with Gasteiger partial charge in [-0.1, -0.05) is 17.7 Å². The Balaban J connectivity index is 2.38. The minimum absolute atomic E-state index is 0.162. The molecular weight excluding hydrogens is 340 g/mol. The van der Waals surface area contributed by atoms with Crippen molar-refractivity contribution < 1.29 is 0 Å². The quantitative estimate of drug-likeness (QED) is 0.447. The standard InChI is InChI=1S/C16H19ClN8/c1-10(2)20-15-23-14(12-6-5-7-13(17)22-12)24-16(25-15)21-11(3)8-19-9-18-4/h5-10H,4H2,1-3H3,(H2,20,21,23,24,25)/b11-8+,19-9?. The fourth-order valence-electron chi connectivity index (χ4n) is 1.80. The first-order valence-corrected chi connectivity index (χ1v) is 7.92. The number of anilines is 2. The lowest BCUT2D eigenvalue weighted by Crippen LogP contribution is -2.15. The molecule has 8 nitrogen and oxygen atoms in total. The maximum Gasteiger partial charge on any atom is 0.232 e. The SMILES string of the molecule is C=NC=N/C=C(\C)Nc1nc(NC(C)C)nc(-c2cccc(Cl)n2)n1. The van der Waals surface area contributed by atoms with E-state index in [0.29, 0.717) is 28.6 Å². The summed E-state index contributed by atoms with van der Waals surface area (Å²) in [6.45, 7) is 9.15. The van der Waals surface area contributed by atoms with Gasteiger partial charge in [-0.05, 0) is 39.6 Å². The molecule has 0 fully saturated rings. The molecule has 0 unspecified atom stereocenters. The number of hydrogen-bond acceptors (Lipinski definition) is 7. The van der Waals surface area contributed by atoms with Crippen LogP contribution in [0.2, 0.25) is 5.15 Å². The lowest BCUT2D eigenvalue weighted by Gasteiger charge is -2.12. The van der Waals surface area contributed by atoms with Gasteiger partial charge in [0.15, 0.2) is 5.82 Å². The number of allylic oxidation sites excluding steroid dienone is 1. The van der Waals surface area contributed by atoms with Crippen molar-refractivity contribution in [3.05, 3.63) is 35.2 Å². The van der Waals surface area contributed by atoms with Crippen molar-refractivity contribution in [2.45, 2.75) is 26.8 Å². The number of nitrogens with zero attached hydrogens (tertiary/aromatic N) is 6. The van der Waals surface area contributed by atoms with E-state index in [1.807, 2.05) is 20.8 Å². The predicted octanol–water partition coefficient (Wildman–Crippen LogP) is 3.41. The fourth-order valence-corrected chi connectivity index (χ4v) is 1.97. The summed E-state index contributed by atoms with van der Waals surface area (Å²) < 4.78 is 0. The molecule has 0 saturated carbocycles. The largest absolute Gasteiger partial charge is 0.352 e. The van der Waals surface area contributed by atoms with E-state index >= 15 is 0 Å². The second-order valence-electron chi connectivity index (χ2n) is 5.34. The number of rotatable bonds is 7. The van der Waals surface area contributed by atoms with Gasteiger partial charge < -0.3 is 10.6 Å². The fraction of sp³-hybridized carbons (Fsp3) is 0.250. The highest BCUT2D eigenvalue weighted by Crippen LogP contribution is 2.19. The topological polar surface area (TPSA) is 100 Å². The van der Waals surface area contributed by atoms with Crippen LogP contribution in [-0.4, -0.2) is 39.0 Å². The van der Waals surface area contributed by atoms with Gasteiger partial charge in [-0.3, -0.25) is 4.99 Å². The van der Waals surface area contributed by atoms with Crippen molar-refractivity contribution in [1.82, 2.24) is 19.9 Å². The molecule has 2 heterocycles. The Morgan fingerprint density at radius 1 is 1.20 bits per heavy atom.